The summed E-state index contributed by atoms with van der Waals surface area (Å²) >= 11 is 0. The molecule has 1 saturated carbocycles. The maximum absolute atomic E-state index is 9.53. The molecule has 0 radical (unpaired) electrons. The number of nitrogens with one attached hydrogen (secondary N) is 1. The molecule has 0 saturated heterocycles. The van der Waals surface area contributed by atoms with Crippen molar-refractivity contribution in [2.24, 2.45) is 0 Å². The Balaban J connectivity index is 0.000000669. The Hall–Kier alpha value is -3.50. The summed E-state index contributed by atoms with van der Waals surface area (Å²) in [5.74, 6) is -5.61. The van der Waals surface area contributed by atoms with Crippen LogP contribution in [0.3, 0.4) is 0 Å². The van der Waals surface area contributed by atoms with Crippen LogP contribution in [0.4, 0.5) is 0 Å². The molecule has 0 bridgehead atoms. The third-order valence-corrected chi connectivity index (χ3v) is 6.05. The van der Waals surface area contributed by atoms with Crippen LogP contribution in [0.1, 0.15) is 51.5 Å². The molecule has 0 aliphatic heterocycles. The average Bonchev–Trinajstić information content (AvgIpc) is 2.86. The number of aliphatic carboxylic acids is 4. The van der Waals surface area contributed by atoms with E-state index in [0.717, 1.165) is 0 Å². The fourth-order valence-electron chi connectivity index (χ4n) is 4.18. The zero-order valence-electron chi connectivity index (χ0n) is 21.7. The number of likely N-dealkylation sites (N-methyl/N-ethyl adjacent to an activating group) is 1. The van der Waals surface area contributed by atoms with Crippen molar-refractivity contribution in [1.82, 2.24) is 0 Å². The summed E-state index contributed by atoms with van der Waals surface area (Å²) in [7, 11) is 0. The van der Waals surface area contributed by atoms with Crippen LogP contribution < -0.4 is 20.4 Å². The normalized spacial score (nSPS) is 14.4. The standard InChI is InChI=1S/C19H32N2.2C4H4O4/c1-3-21(4-2)16-15-20-19(13-9-6-10-14-19)17-18-11-7-5-8-12-18;2*5-3(6)1-2-4(7)8/h5,7-8,11-12,20H,3-4,6,9-10,13-17H2,1-2H3;2*1-2H,(H,5,6)(H,7,8)/b;2*2-1-. The van der Waals surface area contributed by atoms with Gasteiger partial charge in [0.1, 0.15) is 18.6 Å². The van der Waals surface area contributed by atoms with Crippen molar-refractivity contribution in [1.29, 1.82) is 0 Å². The zero-order valence-corrected chi connectivity index (χ0v) is 21.7. The van der Waals surface area contributed by atoms with Crippen LogP contribution >= 0.6 is 0 Å². The van der Waals surface area contributed by atoms with Crippen molar-refractivity contribution in [3.63, 3.8) is 0 Å². The van der Waals surface area contributed by atoms with Gasteiger partial charge in [0, 0.05) is 31.4 Å². The smallest absolute Gasteiger partial charge is 0.328 e. The van der Waals surface area contributed by atoms with E-state index in [1.807, 2.05) is 0 Å². The van der Waals surface area contributed by atoms with E-state index in [0.29, 0.717) is 29.8 Å². The lowest BCUT2D eigenvalue weighted by Crippen LogP contribution is -3.15. The molecule has 0 heterocycles. The highest BCUT2D eigenvalue weighted by molar-refractivity contribution is 5.89. The molecule has 1 aromatic rings. The van der Waals surface area contributed by atoms with Crippen molar-refractivity contribution >= 4 is 23.9 Å². The van der Waals surface area contributed by atoms with Gasteiger partial charge in [0.15, 0.2) is 0 Å². The first kappa shape index (κ1) is 33.5. The van der Waals surface area contributed by atoms with Gasteiger partial charge in [-0.15, -0.1) is 0 Å². The van der Waals surface area contributed by atoms with Gasteiger partial charge < -0.3 is 40.2 Å². The monoisotopic (exact) mass is 520 g/mol. The first-order valence-electron chi connectivity index (χ1n) is 12.5. The highest BCUT2D eigenvalue weighted by Gasteiger charge is 2.35. The van der Waals surface area contributed by atoms with Crippen LogP contribution in [-0.2, 0) is 25.6 Å². The molecule has 10 nitrogen and oxygen atoms in total. The summed E-state index contributed by atoms with van der Waals surface area (Å²) in [5, 5.41) is 37.2. The van der Waals surface area contributed by atoms with E-state index in [9.17, 15) is 29.4 Å². The summed E-state index contributed by atoms with van der Waals surface area (Å²) in [4.78, 5) is 39.7. The number of carbonyl (C=O) groups excluding carboxylic acids is 2. The highest BCUT2D eigenvalue weighted by atomic mass is 16.4. The van der Waals surface area contributed by atoms with Crippen LogP contribution in [0.25, 0.3) is 0 Å². The van der Waals surface area contributed by atoms with Crippen molar-refractivity contribution in [2.75, 3.05) is 26.2 Å². The number of hydrogen-bond acceptors (Lipinski definition) is 6. The van der Waals surface area contributed by atoms with E-state index in [1.54, 1.807) is 4.90 Å². The largest absolute Gasteiger partial charge is 0.545 e. The number of carboxylic acid groups (broad SMARTS) is 4. The molecular weight excluding hydrogens is 480 g/mol. The van der Waals surface area contributed by atoms with Gasteiger partial charge in [-0.3, -0.25) is 0 Å². The van der Waals surface area contributed by atoms with Gasteiger partial charge in [-0.05, 0) is 44.4 Å². The lowest BCUT2D eigenvalue weighted by molar-refractivity contribution is -0.913. The Labute approximate surface area is 218 Å². The van der Waals surface area contributed by atoms with Crippen LogP contribution in [-0.4, -0.2) is 65.8 Å². The van der Waals surface area contributed by atoms with Crippen molar-refractivity contribution in [3.8, 4) is 0 Å². The third kappa shape index (κ3) is 18.4. The molecular formula is C27H40N2O8. The van der Waals surface area contributed by atoms with Crippen LogP contribution in [0.5, 0.6) is 0 Å². The first-order chi connectivity index (χ1) is 17.5. The van der Waals surface area contributed by atoms with Gasteiger partial charge in [-0.25, -0.2) is 9.59 Å². The molecule has 1 aliphatic carbocycles. The molecule has 0 amide bonds. The maximum atomic E-state index is 9.53. The molecule has 0 spiro atoms. The SMILES string of the molecule is CC[NH+](CC)CC[NH2+]C1(Cc2ccccc2)CCCCC1.O=C([O-])/C=C\C(=O)O.O=C([O-])/C=C\C(=O)O. The van der Waals surface area contributed by atoms with Crippen LogP contribution in [0.15, 0.2) is 54.6 Å². The Kier molecular flexibility index (Phi) is 17.8. The number of hydrogen-bond donors (Lipinski definition) is 4. The second-order valence-electron chi connectivity index (χ2n) is 8.77. The number of benzene rings is 1. The maximum Gasteiger partial charge on any atom is 0.328 e. The molecule has 1 aliphatic rings. The van der Waals surface area contributed by atoms with Crippen molar-refractivity contribution in [3.05, 3.63) is 60.2 Å². The van der Waals surface area contributed by atoms with E-state index >= 15 is 0 Å². The fraction of sp³-hybridized carbons (Fsp3) is 0.481. The lowest BCUT2D eigenvalue weighted by Gasteiger charge is -2.35. The minimum atomic E-state index is -1.51. The van der Waals surface area contributed by atoms with Gasteiger partial charge in [-0.2, -0.15) is 0 Å². The van der Waals surface area contributed by atoms with Gasteiger partial charge in [-0.1, -0.05) is 36.8 Å². The van der Waals surface area contributed by atoms with E-state index < -0.39 is 23.9 Å². The van der Waals surface area contributed by atoms with Crippen LogP contribution in [0.2, 0.25) is 0 Å². The van der Waals surface area contributed by atoms with Crippen LogP contribution in [0, 0.1) is 0 Å². The number of rotatable bonds is 12. The second kappa shape index (κ2) is 19.7. The van der Waals surface area contributed by atoms with E-state index in [-0.39, 0.29) is 0 Å². The number of nitrogens with two attached hydrogens (primary N) is 1. The minimum Gasteiger partial charge on any atom is -0.545 e. The van der Waals surface area contributed by atoms with E-state index in [1.165, 1.54) is 70.3 Å². The molecule has 10 heteroatoms. The minimum absolute atomic E-state index is 0.447. The quantitative estimate of drug-likeness (QED) is 0.233. The Bertz CT molecular complexity index is 808. The molecule has 5 N–H and O–H groups in total. The Morgan fingerprint density at radius 2 is 1.35 bits per heavy atom. The summed E-state index contributed by atoms with van der Waals surface area (Å²) in [6.45, 7) is 9.72. The molecule has 0 atom stereocenters. The molecule has 2 rings (SSSR count). The fourth-order valence-corrected chi connectivity index (χ4v) is 4.18. The summed E-state index contributed by atoms with van der Waals surface area (Å²) in [5.41, 5.74) is 2.00. The number of carboxylic acids is 4. The molecule has 0 aromatic heterocycles. The Morgan fingerprint density at radius 3 is 1.73 bits per heavy atom. The van der Waals surface area contributed by atoms with Crippen molar-refractivity contribution < 1.29 is 49.8 Å². The molecule has 37 heavy (non-hydrogen) atoms. The molecule has 0 unspecified atom stereocenters. The van der Waals surface area contributed by atoms with Gasteiger partial charge in [0.05, 0.1) is 25.0 Å². The molecule has 1 aromatic carbocycles. The van der Waals surface area contributed by atoms with Gasteiger partial charge in [0.25, 0.3) is 0 Å². The first-order valence-corrected chi connectivity index (χ1v) is 12.5. The number of quaternary nitrogens is 2. The number of carbonyl (C=O) groups is 4. The second-order valence-corrected chi connectivity index (χ2v) is 8.77. The zero-order chi connectivity index (χ0) is 28.1. The van der Waals surface area contributed by atoms with Crippen molar-refractivity contribution in [2.45, 2.75) is 57.9 Å². The Morgan fingerprint density at radius 1 is 0.865 bits per heavy atom. The van der Waals surface area contributed by atoms with Gasteiger partial charge in [0.2, 0.25) is 0 Å². The summed E-state index contributed by atoms with van der Waals surface area (Å²) in [6, 6.07) is 11.1. The van der Waals surface area contributed by atoms with Gasteiger partial charge >= 0.3 is 11.9 Å². The molecule has 206 valence electrons. The third-order valence-electron chi connectivity index (χ3n) is 6.05. The van der Waals surface area contributed by atoms with E-state index in [2.05, 4.69) is 49.5 Å². The van der Waals surface area contributed by atoms with E-state index in [4.69, 9.17) is 10.2 Å². The lowest BCUT2D eigenvalue weighted by atomic mass is 9.77. The summed E-state index contributed by atoms with van der Waals surface area (Å²) in [6.07, 6.45) is 10.2. The molecule has 1 fully saturated rings. The summed E-state index contributed by atoms with van der Waals surface area (Å²) < 4.78 is 0. The predicted octanol–water partition coefficient (Wildman–Crippen LogP) is -1.83. The highest BCUT2D eigenvalue weighted by Crippen LogP contribution is 2.28. The predicted molar refractivity (Wildman–Crippen MR) is 133 cm³/mol. The topological polar surface area (TPSA) is 176 Å². The average molecular weight is 521 g/mol.